The number of methoxy groups -OCH3 is 1. The van der Waals surface area contributed by atoms with Gasteiger partial charge in [-0.25, -0.2) is 9.97 Å². The lowest BCUT2D eigenvalue weighted by atomic mass is 10.1. The molecule has 5 aromatic rings. The second-order valence-corrected chi connectivity index (χ2v) is 10.1. The van der Waals surface area contributed by atoms with Crippen LogP contribution in [0.4, 0.5) is 5.82 Å². The van der Waals surface area contributed by atoms with E-state index in [9.17, 15) is 4.79 Å². The van der Waals surface area contributed by atoms with Crippen LogP contribution in [0.2, 0.25) is 0 Å². The van der Waals surface area contributed by atoms with Crippen LogP contribution < -0.4 is 19.1 Å². The van der Waals surface area contributed by atoms with Crippen LogP contribution in [-0.4, -0.2) is 60.7 Å². The van der Waals surface area contributed by atoms with Crippen LogP contribution in [0.5, 0.6) is 23.0 Å². The largest absolute Gasteiger partial charge is 0.493 e. The molecule has 1 aliphatic heterocycles. The number of hydrogen-bond acceptors (Lipinski definition) is 7. The Balaban J connectivity index is 1.08. The molecule has 0 radical (unpaired) electrons. The van der Waals surface area contributed by atoms with Crippen LogP contribution >= 0.6 is 0 Å². The minimum Gasteiger partial charge on any atom is -0.493 e. The van der Waals surface area contributed by atoms with Crippen molar-refractivity contribution in [2.75, 3.05) is 44.8 Å². The Bertz CT molecular complexity index is 1720. The Morgan fingerprint density at radius 1 is 0.881 bits per heavy atom. The summed E-state index contributed by atoms with van der Waals surface area (Å²) in [6, 6.07) is 25.7. The molecule has 0 atom stereocenters. The number of carbonyl (C=O) groups excluding carboxylic acids is 1. The molecule has 0 unspecified atom stereocenters. The quantitative estimate of drug-likeness (QED) is 0.204. The highest BCUT2D eigenvalue weighted by atomic mass is 16.5. The molecule has 1 fully saturated rings. The fraction of sp³-hybridized carbons (Fsp3) is 0.206. The highest BCUT2D eigenvalue weighted by Crippen LogP contribution is 2.35. The number of anilines is 1. The predicted octanol–water partition coefficient (Wildman–Crippen LogP) is 6.04. The molecule has 8 nitrogen and oxygen atoms in total. The van der Waals surface area contributed by atoms with Gasteiger partial charge in [0.2, 0.25) is 5.91 Å². The number of amides is 1. The van der Waals surface area contributed by atoms with Crippen LogP contribution in [0, 0.1) is 0 Å². The van der Waals surface area contributed by atoms with Gasteiger partial charge in [-0.2, -0.15) is 0 Å². The summed E-state index contributed by atoms with van der Waals surface area (Å²) < 4.78 is 17.5. The molecule has 1 amide bonds. The topological polar surface area (TPSA) is 77.0 Å². The normalized spacial score (nSPS) is 13.3. The standard InChI is InChI=1S/C34H32N4O4/c1-3-19-41-32-22-29-28(21-31(32)40-2)34(36-23-35-29)38-17-15-37(16-18-38)33(39)20-24-11-13-26(14-12-24)42-30-10-6-8-25-7-4-5-9-27(25)30/h3-14,21-23H,1,15-20H2,2H3. The van der Waals surface area contributed by atoms with Crippen molar-refractivity contribution in [3.05, 3.63) is 103 Å². The summed E-state index contributed by atoms with van der Waals surface area (Å²) >= 11 is 0. The van der Waals surface area contributed by atoms with E-state index in [0.29, 0.717) is 50.7 Å². The number of hydrogen-bond donors (Lipinski definition) is 0. The average molecular weight is 561 g/mol. The van der Waals surface area contributed by atoms with E-state index in [1.54, 1.807) is 19.5 Å². The van der Waals surface area contributed by atoms with E-state index in [-0.39, 0.29) is 5.91 Å². The number of ether oxygens (including phenoxy) is 3. The first-order valence-corrected chi connectivity index (χ1v) is 14.0. The van der Waals surface area contributed by atoms with Gasteiger partial charge in [-0.3, -0.25) is 4.79 Å². The van der Waals surface area contributed by atoms with Gasteiger partial charge in [-0.1, -0.05) is 61.2 Å². The van der Waals surface area contributed by atoms with E-state index < -0.39 is 0 Å². The Morgan fingerprint density at radius 3 is 2.45 bits per heavy atom. The molecular formula is C34H32N4O4. The zero-order chi connectivity index (χ0) is 28.9. The number of piperazine rings is 1. The Morgan fingerprint density at radius 2 is 1.67 bits per heavy atom. The van der Waals surface area contributed by atoms with Gasteiger partial charge >= 0.3 is 0 Å². The number of rotatable bonds is 9. The van der Waals surface area contributed by atoms with E-state index in [2.05, 4.69) is 39.6 Å². The molecular weight excluding hydrogens is 528 g/mol. The summed E-state index contributed by atoms with van der Waals surface area (Å²) in [5, 5.41) is 3.08. The van der Waals surface area contributed by atoms with E-state index in [1.807, 2.05) is 65.6 Å². The van der Waals surface area contributed by atoms with Crippen molar-refractivity contribution in [2.45, 2.75) is 6.42 Å². The van der Waals surface area contributed by atoms with Crippen LogP contribution in [0.15, 0.2) is 97.8 Å². The second-order valence-electron chi connectivity index (χ2n) is 10.1. The van der Waals surface area contributed by atoms with Gasteiger partial charge in [0.05, 0.1) is 19.0 Å². The molecule has 1 aliphatic rings. The molecule has 1 saturated heterocycles. The van der Waals surface area contributed by atoms with Crippen molar-refractivity contribution >= 4 is 33.4 Å². The van der Waals surface area contributed by atoms with E-state index in [1.165, 1.54) is 0 Å². The van der Waals surface area contributed by atoms with Crippen molar-refractivity contribution in [1.82, 2.24) is 14.9 Å². The third kappa shape index (κ3) is 5.69. The van der Waals surface area contributed by atoms with Gasteiger partial charge in [0.1, 0.15) is 30.3 Å². The van der Waals surface area contributed by atoms with Gasteiger partial charge in [0, 0.05) is 43.0 Å². The summed E-state index contributed by atoms with van der Waals surface area (Å²) in [7, 11) is 1.61. The van der Waals surface area contributed by atoms with Gasteiger partial charge in [0.15, 0.2) is 11.5 Å². The molecule has 8 heteroatoms. The van der Waals surface area contributed by atoms with Crippen LogP contribution in [0.1, 0.15) is 5.56 Å². The summed E-state index contributed by atoms with van der Waals surface area (Å²) in [6.07, 6.45) is 3.59. The molecule has 42 heavy (non-hydrogen) atoms. The van der Waals surface area contributed by atoms with E-state index in [4.69, 9.17) is 14.2 Å². The smallest absolute Gasteiger partial charge is 0.227 e. The lowest BCUT2D eigenvalue weighted by molar-refractivity contribution is -0.130. The second kappa shape index (κ2) is 12.2. The first-order valence-electron chi connectivity index (χ1n) is 14.0. The molecule has 2 heterocycles. The maximum Gasteiger partial charge on any atom is 0.227 e. The molecule has 212 valence electrons. The molecule has 0 saturated carbocycles. The van der Waals surface area contributed by atoms with Gasteiger partial charge in [0.25, 0.3) is 0 Å². The van der Waals surface area contributed by atoms with Crippen molar-refractivity contribution in [3.63, 3.8) is 0 Å². The number of benzene rings is 4. The molecule has 6 rings (SSSR count). The maximum atomic E-state index is 13.2. The summed E-state index contributed by atoms with van der Waals surface area (Å²) in [5.41, 5.74) is 1.72. The minimum absolute atomic E-state index is 0.107. The van der Waals surface area contributed by atoms with Gasteiger partial charge in [-0.15, -0.1) is 0 Å². The van der Waals surface area contributed by atoms with Crippen molar-refractivity contribution in [2.24, 2.45) is 0 Å². The number of nitrogens with zero attached hydrogens (tertiary/aromatic N) is 4. The fourth-order valence-corrected chi connectivity index (χ4v) is 5.26. The molecule has 1 aromatic heterocycles. The molecule has 0 spiro atoms. The summed E-state index contributed by atoms with van der Waals surface area (Å²) in [6.45, 7) is 6.66. The third-order valence-corrected chi connectivity index (χ3v) is 7.44. The predicted molar refractivity (Wildman–Crippen MR) is 165 cm³/mol. The van der Waals surface area contributed by atoms with Gasteiger partial charge in [-0.05, 0) is 35.2 Å². The minimum atomic E-state index is 0.107. The maximum absolute atomic E-state index is 13.2. The first-order chi connectivity index (χ1) is 20.6. The molecule has 0 N–H and O–H groups in total. The Labute approximate surface area is 244 Å². The zero-order valence-electron chi connectivity index (χ0n) is 23.5. The van der Waals surface area contributed by atoms with Crippen LogP contribution in [0.3, 0.4) is 0 Å². The highest BCUT2D eigenvalue weighted by molar-refractivity contribution is 5.92. The summed E-state index contributed by atoms with van der Waals surface area (Å²) in [5.74, 6) is 3.70. The SMILES string of the molecule is C=CCOc1cc2ncnc(N3CCN(C(=O)Cc4ccc(Oc5cccc6ccccc56)cc4)CC3)c2cc1OC. The highest BCUT2D eigenvalue weighted by Gasteiger charge is 2.24. The number of aromatic nitrogens is 2. The van der Waals surface area contributed by atoms with Crippen LogP contribution in [0.25, 0.3) is 21.7 Å². The lowest BCUT2D eigenvalue weighted by Crippen LogP contribution is -2.49. The monoisotopic (exact) mass is 560 g/mol. The Hall–Kier alpha value is -5.11. The van der Waals surface area contributed by atoms with Crippen molar-refractivity contribution in [1.29, 1.82) is 0 Å². The fourth-order valence-electron chi connectivity index (χ4n) is 5.26. The average Bonchev–Trinajstić information content (AvgIpc) is 3.04. The van der Waals surface area contributed by atoms with Gasteiger partial charge < -0.3 is 24.0 Å². The zero-order valence-corrected chi connectivity index (χ0v) is 23.5. The Kier molecular flexibility index (Phi) is 7.85. The molecule has 0 aliphatic carbocycles. The first kappa shape index (κ1) is 27.1. The molecule has 0 bridgehead atoms. The van der Waals surface area contributed by atoms with E-state index in [0.717, 1.165) is 44.6 Å². The van der Waals surface area contributed by atoms with E-state index >= 15 is 0 Å². The van der Waals surface area contributed by atoms with Crippen molar-refractivity contribution < 1.29 is 19.0 Å². The lowest BCUT2D eigenvalue weighted by Gasteiger charge is -2.36. The molecule has 4 aromatic carbocycles. The van der Waals surface area contributed by atoms with Crippen LogP contribution in [-0.2, 0) is 11.2 Å². The number of fused-ring (bicyclic) bond motifs is 2. The number of carbonyl (C=O) groups is 1. The van der Waals surface area contributed by atoms with Crippen molar-refractivity contribution in [3.8, 4) is 23.0 Å². The third-order valence-electron chi connectivity index (χ3n) is 7.44. The summed E-state index contributed by atoms with van der Waals surface area (Å²) in [4.78, 5) is 26.3.